The van der Waals surface area contributed by atoms with Gasteiger partial charge in [0.2, 0.25) is 11.8 Å². The van der Waals surface area contributed by atoms with Crippen LogP contribution in [0.4, 0.5) is 0 Å². The number of likely N-dealkylation sites (tertiary alicyclic amines) is 1. The summed E-state index contributed by atoms with van der Waals surface area (Å²) < 4.78 is 11.7. The number of aromatic nitrogens is 2. The molecule has 0 spiro atoms. The molecular weight excluding hydrogens is 468 g/mol. The van der Waals surface area contributed by atoms with Gasteiger partial charge in [-0.05, 0) is 48.4 Å². The number of methoxy groups -OCH3 is 1. The van der Waals surface area contributed by atoms with Crippen LogP contribution in [-0.2, 0) is 32.8 Å². The Morgan fingerprint density at radius 2 is 1.81 bits per heavy atom. The summed E-state index contributed by atoms with van der Waals surface area (Å²) in [6.45, 7) is 1.62. The molecular formula is C29H34N4O4. The fourth-order valence-corrected chi connectivity index (χ4v) is 5.11. The number of nitrogens with zero attached hydrogens (tertiary/aromatic N) is 2. The van der Waals surface area contributed by atoms with Gasteiger partial charge in [-0.3, -0.25) is 9.59 Å². The molecule has 8 heteroatoms. The number of ether oxygens (including phenoxy) is 2. The summed E-state index contributed by atoms with van der Waals surface area (Å²) in [6, 6.07) is 17.7. The molecule has 1 saturated heterocycles. The van der Waals surface area contributed by atoms with Crippen LogP contribution in [0.25, 0.3) is 0 Å². The standard InChI is InChI=1S/C29H34N4O4/c1-36-24-11-9-20(10-12-24)13-26(25(27(30)34)14-23-15-31-19-32-23)28(35)33-17-29(18-33,37-16-21-7-8-21)22-5-3-2-4-6-22/h2-6,9-12,15,19,21,25-26H,7-8,13-14,16-18H2,1H3,(H2,30,34)(H,31,32)/t25?,26-/m1/s1. The number of hydrogen-bond acceptors (Lipinski definition) is 5. The maximum Gasteiger partial charge on any atom is 0.227 e. The van der Waals surface area contributed by atoms with Crippen molar-refractivity contribution < 1.29 is 19.1 Å². The Morgan fingerprint density at radius 1 is 1.08 bits per heavy atom. The Hall–Kier alpha value is -3.65. The Kier molecular flexibility index (Phi) is 7.28. The summed E-state index contributed by atoms with van der Waals surface area (Å²) >= 11 is 0. The van der Waals surface area contributed by atoms with E-state index in [0.29, 0.717) is 38.5 Å². The number of carbonyl (C=O) groups is 2. The van der Waals surface area contributed by atoms with Crippen molar-refractivity contribution in [1.29, 1.82) is 0 Å². The third kappa shape index (κ3) is 5.69. The van der Waals surface area contributed by atoms with Crippen LogP contribution in [0.3, 0.4) is 0 Å². The lowest BCUT2D eigenvalue weighted by atomic mass is 9.79. The SMILES string of the molecule is COc1ccc(C[C@@H](C(=O)N2CC(OCC3CC3)(c3ccccc3)C2)C(Cc2cnc[nH]2)C(N)=O)cc1. The first-order valence-corrected chi connectivity index (χ1v) is 12.9. The van der Waals surface area contributed by atoms with E-state index in [-0.39, 0.29) is 5.91 Å². The van der Waals surface area contributed by atoms with Gasteiger partial charge in [0.05, 0.1) is 45.0 Å². The first kappa shape index (κ1) is 25.0. The number of hydrogen-bond donors (Lipinski definition) is 2. The largest absolute Gasteiger partial charge is 0.497 e. The van der Waals surface area contributed by atoms with Gasteiger partial charge in [0.25, 0.3) is 0 Å². The lowest BCUT2D eigenvalue weighted by Crippen LogP contribution is -2.64. The zero-order chi connectivity index (χ0) is 25.8. The average Bonchev–Trinajstić information content (AvgIpc) is 3.58. The highest BCUT2D eigenvalue weighted by molar-refractivity contribution is 5.88. The van der Waals surface area contributed by atoms with Crippen LogP contribution in [0.2, 0.25) is 0 Å². The van der Waals surface area contributed by atoms with Gasteiger partial charge in [0, 0.05) is 18.3 Å². The molecule has 194 valence electrons. The molecule has 2 amide bonds. The van der Waals surface area contributed by atoms with Gasteiger partial charge in [-0.15, -0.1) is 0 Å². The number of rotatable bonds is 12. The minimum absolute atomic E-state index is 0.0827. The number of benzene rings is 2. The van der Waals surface area contributed by atoms with Crippen molar-refractivity contribution in [2.75, 3.05) is 26.8 Å². The number of carbonyl (C=O) groups excluding carboxylic acids is 2. The van der Waals surface area contributed by atoms with Crippen molar-refractivity contribution >= 4 is 11.8 Å². The molecule has 1 saturated carbocycles. The summed E-state index contributed by atoms with van der Waals surface area (Å²) in [5.41, 5.74) is 8.16. The molecule has 0 bridgehead atoms. The lowest BCUT2D eigenvalue weighted by Gasteiger charge is -2.51. The van der Waals surface area contributed by atoms with Gasteiger partial charge in [-0.2, -0.15) is 0 Å². The molecule has 1 aliphatic heterocycles. The van der Waals surface area contributed by atoms with Crippen LogP contribution in [0.1, 0.15) is 29.7 Å². The van der Waals surface area contributed by atoms with E-state index in [1.807, 2.05) is 47.4 Å². The molecule has 0 radical (unpaired) electrons. The second kappa shape index (κ2) is 10.8. The number of nitrogens with one attached hydrogen (secondary N) is 1. The van der Waals surface area contributed by atoms with Crippen molar-refractivity contribution in [2.45, 2.75) is 31.3 Å². The minimum atomic E-state index is -0.686. The van der Waals surface area contributed by atoms with Gasteiger partial charge in [0.15, 0.2) is 0 Å². The summed E-state index contributed by atoms with van der Waals surface area (Å²) in [5, 5.41) is 0. The number of nitrogens with two attached hydrogens (primary N) is 1. The third-order valence-electron chi connectivity index (χ3n) is 7.57. The van der Waals surface area contributed by atoms with Gasteiger partial charge < -0.3 is 25.1 Å². The molecule has 2 fully saturated rings. The Balaban J connectivity index is 1.38. The topological polar surface area (TPSA) is 111 Å². The van der Waals surface area contributed by atoms with E-state index in [9.17, 15) is 9.59 Å². The van der Waals surface area contributed by atoms with Crippen molar-refractivity contribution in [2.24, 2.45) is 23.5 Å². The predicted molar refractivity (Wildman–Crippen MR) is 139 cm³/mol. The first-order chi connectivity index (χ1) is 18.0. The molecule has 3 N–H and O–H groups in total. The molecule has 1 unspecified atom stereocenters. The normalized spacial score (nSPS) is 18.0. The van der Waals surface area contributed by atoms with Crippen LogP contribution in [0.5, 0.6) is 5.75 Å². The van der Waals surface area contributed by atoms with E-state index in [2.05, 4.69) is 22.1 Å². The summed E-state index contributed by atoms with van der Waals surface area (Å²) in [7, 11) is 1.61. The van der Waals surface area contributed by atoms with Crippen LogP contribution in [0.15, 0.2) is 67.1 Å². The van der Waals surface area contributed by atoms with E-state index in [1.165, 1.54) is 12.8 Å². The minimum Gasteiger partial charge on any atom is -0.497 e. The van der Waals surface area contributed by atoms with Crippen LogP contribution < -0.4 is 10.5 Å². The fourth-order valence-electron chi connectivity index (χ4n) is 5.11. The molecule has 2 heterocycles. The van der Waals surface area contributed by atoms with E-state index in [4.69, 9.17) is 15.2 Å². The molecule has 1 aliphatic carbocycles. The van der Waals surface area contributed by atoms with Gasteiger partial charge >= 0.3 is 0 Å². The van der Waals surface area contributed by atoms with Crippen molar-refractivity contribution in [3.05, 3.63) is 83.9 Å². The molecule has 2 aromatic carbocycles. The number of aromatic amines is 1. The number of primary amides is 1. The molecule has 5 rings (SSSR count). The molecule has 37 heavy (non-hydrogen) atoms. The quantitative estimate of drug-likeness (QED) is 0.396. The van der Waals surface area contributed by atoms with Crippen molar-refractivity contribution in [1.82, 2.24) is 14.9 Å². The van der Waals surface area contributed by atoms with Crippen molar-refractivity contribution in [3.63, 3.8) is 0 Å². The summed E-state index contributed by atoms with van der Waals surface area (Å²) in [5.74, 6) is -0.539. The average molecular weight is 503 g/mol. The van der Waals surface area contributed by atoms with E-state index < -0.39 is 23.3 Å². The second-order valence-corrected chi connectivity index (χ2v) is 10.3. The van der Waals surface area contributed by atoms with Gasteiger partial charge in [0.1, 0.15) is 11.4 Å². The number of H-pyrrole nitrogens is 1. The highest BCUT2D eigenvalue weighted by atomic mass is 16.5. The highest BCUT2D eigenvalue weighted by Gasteiger charge is 2.50. The Bertz CT molecular complexity index is 1190. The maximum atomic E-state index is 14.0. The highest BCUT2D eigenvalue weighted by Crippen LogP contribution is 2.40. The molecule has 2 aliphatic rings. The van der Waals surface area contributed by atoms with E-state index in [0.717, 1.165) is 22.6 Å². The van der Waals surface area contributed by atoms with E-state index in [1.54, 1.807) is 19.6 Å². The first-order valence-electron chi connectivity index (χ1n) is 12.9. The maximum absolute atomic E-state index is 14.0. The van der Waals surface area contributed by atoms with Crippen LogP contribution >= 0.6 is 0 Å². The predicted octanol–water partition coefficient (Wildman–Crippen LogP) is 3.09. The summed E-state index contributed by atoms with van der Waals surface area (Å²) in [6.07, 6.45) is 6.34. The van der Waals surface area contributed by atoms with Crippen LogP contribution in [-0.4, -0.2) is 53.5 Å². The molecule has 1 aromatic heterocycles. The molecule has 2 atom stereocenters. The Morgan fingerprint density at radius 3 is 2.41 bits per heavy atom. The molecule has 8 nitrogen and oxygen atoms in total. The summed E-state index contributed by atoms with van der Waals surface area (Å²) in [4.78, 5) is 35.6. The number of imidazole rings is 1. The van der Waals surface area contributed by atoms with Crippen molar-refractivity contribution in [3.8, 4) is 5.75 Å². The van der Waals surface area contributed by atoms with Gasteiger partial charge in [-0.1, -0.05) is 42.5 Å². The second-order valence-electron chi connectivity index (χ2n) is 10.3. The zero-order valence-corrected chi connectivity index (χ0v) is 21.1. The Labute approximate surface area is 217 Å². The fraction of sp³-hybridized carbons (Fsp3) is 0.414. The zero-order valence-electron chi connectivity index (χ0n) is 21.1. The van der Waals surface area contributed by atoms with E-state index >= 15 is 0 Å². The monoisotopic (exact) mass is 502 g/mol. The third-order valence-corrected chi connectivity index (χ3v) is 7.57. The van der Waals surface area contributed by atoms with Gasteiger partial charge in [-0.25, -0.2) is 4.98 Å². The van der Waals surface area contributed by atoms with Crippen LogP contribution in [0, 0.1) is 17.8 Å². The number of amides is 2. The lowest BCUT2D eigenvalue weighted by molar-refractivity contribution is -0.179. The molecule has 3 aromatic rings. The smallest absolute Gasteiger partial charge is 0.227 e.